The van der Waals surface area contributed by atoms with Gasteiger partial charge in [-0.15, -0.1) is 15.3 Å². The Hall–Kier alpha value is -6.46. The first-order chi connectivity index (χ1) is 38.2. The number of hydrogen-bond donors (Lipinski definition) is 0. The van der Waals surface area contributed by atoms with Crippen molar-refractivity contribution in [3.63, 3.8) is 0 Å². The zero-order valence-electron chi connectivity index (χ0n) is 58.9. The summed E-state index contributed by atoms with van der Waals surface area (Å²) in [5.74, 6) is 6.20. The van der Waals surface area contributed by atoms with Crippen LogP contribution in [0.1, 0.15) is 266 Å². The van der Waals surface area contributed by atoms with Gasteiger partial charge in [0.15, 0.2) is 5.82 Å². The van der Waals surface area contributed by atoms with E-state index in [1.54, 1.807) is 16.5 Å². The minimum Gasteiger partial charge on any atom is -0.357 e. The normalized spacial score (nSPS) is 11.0. The minimum absolute atomic E-state index is 0.374. The quantitative estimate of drug-likeness (QED) is 0.143. The van der Waals surface area contributed by atoms with E-state index in [2.05, 4.69) is 250 Å². The summed E-state index contributed by atoms with van der Waals surface area (Å²) in [6.45, 7) is 57.8. The Labute approximate surface area is 503 Å². The Morgan fingerprint density at radius 2 is 0.867 bits per heavy atom. The third-order valence-corrected chi connectivity index (χ3v) is 15.2. The van der Waals surface area contributed by atoms with Gasteiger partial charge in [0.2, 0.25) is 0 Å². The molecule has 0 fully saturated rings. The van der Waals surface area contributed by atoms with Gasteiger partial charge in [0.25, 0.3) is 0 Å². The van der Waals surface area contributed by atoms with Crippen LogP contribution in [0.5, 0.6) is 0 Å². The third kappa shape index (κ3) is 21.9. The Bertz CT molecular complexity index is 3020. The summed E-state index contributed by atoms with van der Waals surface area (Å²) in [6.07, 6.45) is 4.24. The van der Waals surface area contributed by atoms with Gasteiger partial charge in [-0.3, -0.25) is 14.0 Å². The van der Waals surface area contributed by atoms with Gasteiger partial charge in [0, 0.05) is 96.1 Å². The van der Waals surface area contributed by atoms with Gasteiger partial charge in [-0.1, -0.05) is 116 Å². The number of hydrogen-bond acceptors (Lipinski definition) is 10. The number of imidazole rings is 1. The van der Waals surface area contributed by atoms with Crippen LogP contribution in [0.2, 0.25) is 0 Å². The summed E-state index contributed by atoms with van der Waals surface area (Å²) < 4.78 is 12.2. The molecule has 83 heavy (non-hydrogen) atoms. The highest BCUT2D eigenvalue weighted by molar-refractivity contribution is 5.38. The smallest absolute Gasteiger partial charge is 0.177 e. The van der Waals surface area contributed by atoms with Crippen molar-refractivity contribution < 1.29 is 0 Å². The van der Waals surface area contributed by atoms with Gasteiger partial charge in [-0.05, 0) is 157 Å². The molecule has 0 saturated carbocycles. The molecular weight excluding hydrogens is 1030 g/mol. The standard InChI is InChI=1S/C11H19N.3C9H16N2.C8H13N.2C7H13N3.C5H10N4/c1-7(2)11-8(3)9(4)12(6)10(11)5;1-6(2)9-7(3)11(5)8(4)10-9;1-6(2)9-7(3)10-11(5)8(9)4;1-6(2)9-7(3)8(4)11(5)10-9;1-7(2)8-4-5-9(3)6-8;1-5(2)7-6(3)10(4)9-8-7;1-5(2)7-6(3)8-10(4)9-7;1-4(2)5-6-8-9(3)7-5/h7H,1-6H3;3*6H,1-5H3;4-7H,1-3H3;2*5H,1-4H3;4H,1-3H3. The first-order valence-corrected chi connectivity index (χ1v) is 29.9. The number of aryl methyl sites for hydroxylation is 9. The van der Waals surface area contributed by atoms with Crippen molar-refractivity contribution in [3.8, 4) is 0 Å². The molecule has 8 aromatic heterocycles. The number of nitrogens with zero attached hydrogens (tertiary/aromatic N) is 18. The molecule has 0 unspecified atom stereocenters. The predicted octanol–water partition coefficient (Wildman–Crippen LogP) is 14.5. The lowest BCUT2D eigenvalue weighted by Gasteiger charge is -2.06. The van der Waals surface area contributed by atoms with Gasteiger partial charge in [-0.2, -0.15) is 30.0 Å². The lowest BCUT2D eigenvalue weighted by Crippen LogP contribution is -1.95. The van der Waals surface area contributed by atoms with Crippen molar-refractivity contribution in [2.24, 2.45) is 56.4 Å². The maximum atomic E-state index is 4.47. The van der Waals surface area contributed by atoms with Crippen molar-refractivity contribution >= 4 is 0 Å². The highest BCUT2D eigenvalue weighted by Crippen LogP contribution is 2.27. The van der Waals surface area contributed by atoms with Gasteiger partial charge in [0.1, 0.15) is 5.82 Å². The van der Waals surface area contributed by atoms with Gasteiger partial charge in [0.05, 0.1) is 46.9 Å². The van der Waals surface area contributed by atoms with E-state index in [0.717, 1.165) is 34.4 Å². The van der Waals surface area contributed by atoms with Crippen molar-refractivity contribution in [2.75, 3.05) is 0 Å². The molecule has 18 nitrogen and oxygen atoms in total. The van der Waals surface area contributed by atoms with Gasteiger partial charge in [-0.25, -0.2) is 4.98 Å². The van der Waals surface area contributed by atoms with Crippen LogP contribution in [0, 0.1) is 76.2 Å². The fourth-order valence-corrected chi connectivity index (χ4v) is 9.61. The summed E-state index contributed by atoms with van der Waals surface area (Å²) >= 11 is 0. The average Bonchev–Trinajstić information content (AvgIpc) is 4.30. The summed E-state index contributed by atoms with van der Waals surface area (Å²) in [7, 11) is 15.8. The first-order valence-electron chi connectivity index (χ1n) is 29.9. The van der Waals surface area contributed by atoms with Crippen LogP contribution < -0.4 is 0 Å². The summed E-state index contributed by atoms with van der Waals surface area (Å²) in [5, 5.41) is 36.6. The molecule has 0 saturated heterocycles. The number of tetrazole rings is 1. The van der Waals surface area contributed by atoms with Crippen molar-refractivity contribution in [1.29, 1.82) is 0 Å². The second-order valence-electron chi connectivity index (χ2n) is 24.7. The summed E-state index contributed by atoms with van der Waals surface area (Å²) in [4.78, 5) is 7.56. The van der Waals surface area contributed by atoms with E-state index in [1.165, 1.54) is 78.2 Å². The topological polar surface area (TPSA) is 168 Å². The zero-order chi connectivity index (χ0) is 64.4. The summed E-state index contributed by atoms with van der Waals surface area (Å²) in [6, 6.07) is 2.16. The lowest BCUT2D eigenvalue weighted by atomic mass is 9.99. The molecule has 0 bridgehead atoms. The molecule has 0 radical (unpaired) electrons. The minimum atomic E-state index is 0.374. The van der Waals surface area contributed by atoms with E-state index in [0.29, 0.717) is 47.3 Å². The van der Waals surface area contributed by atoms with E-state index in [1.807, 2.05) is 79.2 Å². The SMILES string of the molecule is CC(C)c1ccn(C)c1.CC(C)c1nnn(C)n1.Cc1c(C(C)C)c(C)n(C)c1C.Cc1c(C(C)C)nn(C)c1C.Cc1c(C(C)C)nnn1C.Cc1nc(C(C)C)c(C)n1C.Cc1nn(C)c(C)c1C(C)C.Cc1nn(C)nc1C(C)C. The molecule has 18 heteroatoms. The molecule has 0 aromatic carbocycles. The van der Waals surface area contributed by atoms with Crippen molar-refractivity contribution in [3.05, 3.63) is 126 Å². The number of rotatable bonds is 8. The largest absolute Gasteiger partial charge is 0.357 e. The predicted molar refractivity (Wildman–Crippen MR) is 346 cm³/mol. The summed E-state index contributed by atoms with van der Waals surface area (Å²) in [5.41, 5.74) is 21.8. The van der Waals surface area contributed by atoms with Crippen LogP contribution >= 0.6 is 0 Å². The van der Waals surface area contributed by atoms with Crippen LogP contribution in [0.25, 0.3) is 0 Å². The maximum absolute atomic E-state index is 4.47. The zero-order valence-corrected chi connectivity index (χ0v) is 58.9. The molecule has 8 aromatic rings. The van der Waals surface area contributed by atoms with Crippen LogP contribution in [0.4, 0.5) is 0 Å². The van der Waals surface area contributed by atoms with Gasteiger partial charge >= 0.3 is 0 Å². The molecule has 0 atom stereocenters. The van der Waals surface area contributed by atoms with E-state index < -0.39 is 0 Å². The molecule has 8 rings (SSSR count). The van der Waals surface area contributed by atoms with Gasteiger partial charge < -0.3 is 13.7 Å². The molecule has 0 aliphatic heterocycles. The van der Waals surface area contributed by atoms with Crippen LogP contribution in [0.15, 0.2) is 18.5 Å². The molecule has 0 amide bonds. The lowest BCUT2D eigenvalue weighted by molar-refractivity contribution is 0.625. The second kappa shape index (κ2) is 33.7. The van der Waals surface area contributed by atoms with Crippen molar-refractivity contribution in [1.82, 2.24) is 88.4 Å². The Morgan fingerprint density at radius 3 is 1.06 bits per heavy atom. The van der Waals surface area contributed by atoms with E-state index in [9.17, 15) is 0 Å². The molecular formula is C65H116N18. The van der Waals surface area contributed by atoms with E-state index in [-0.39, 0.29) is 0 Å². The second-order valence-corrected chi connectivity index (χ2v) is 24.7. The third-order valence-electron chi connectivity index (χ3n) is 15.2. The Kier molecular flexibility index (Phi) is 30.3. The number of aromatic nitrogens is 18. The van der Waals surface area contributed by atoms with Crippen LogP contribution in [-0.2, 0) is 56.4 Å². The molecule has 0 aliphatic carbocycles. The highest BCUT2D eigenvalue weighted by Gasteiger charge is 2.16. The molecule has 8 heterocycles. The fourth-order valence-electron chi connectivity index (χ4n) is 9.61. The molecule has 0 spiro atoms. The van der Waals surface area contributed by atoms with Crippen LogP contribution in [-0.4, -0.2) is 88.4 Å². The molecule has 466 valence electrons. The average molecular weight is 1150 g/mol. The molecule has 0 aliphatic rings. The maximum Gasteiger partial charge on any atom is 0.177 e. The van der Waals surface area contributed by atoms with E-state index >= 15 is 0 Å². The highest BCUT2D eigenvalue weighted by atomic mass is 15.6. The molecule has 0 N–H and O–H groups in total. The van der Waals surface area contributed by atoms with Crippen LogP contribution in [0.3, 0.4) is 0 Å². The Balaban J connectivity index is 0.000000475. The monoisotopic (exact) mass is 1150 g/mol. The fraction of sp³-hybridized carbons (Fsp3) is 0.662. The Morgan fingerprint density at radius 1 is 0.349 bits per heavy atom. The first kappa shape index (κ1) is 74.6. The van der Waals surface area contributed by atoms with Crippen molar-refractivity contribution in [2.45, 2.75) is 234 Å². The van der Waals surface area contributed by atoms with E-state index in [4.69, 9.17) is 0 Å².